The highest BCUT2D eigenvalue weighted by atomic mass is 79.9. The zero-order chi connectivity index (χ0) is 19.4. The quantitative estimate of drug-likeness (QED) is 0.734. The summed E-state index contributed by atoms with van der Waals surface area (Å²) in [6, 6.07) is 10.1. The average Bonchev–Trinajstić information content (AvgIpc) is 3.05. The number of nitrogens with one attached hydrogen (secondary N) is 2. The number of likely N-dealkylation sites (N-methyl/N-ethyl adjacent to an activating group) is 1. The normalized spacial score (nSPS) is 17.2. The number of hydrogen-bond acceptors (Lipinski definition) is 4. The number of aromatic amines is 1. The second-order valence-corrected chi connectivity index (χ2v) is 8.29. The largest absolute Gasteiger partial charge is 0.343 e. The lowest BCUT2D eigenvalue weighted by Crippen LogP contribution is -2.47. The molecule has 1 aliphatic rings. The molecular formula is C20H28BrN5O. The van der Waals surface area contributed by atoms with Crippen LogP contribution in [0.3, 0.4) is 0 Å². The molecule has 1 unspecified atom stereocenters. The van der Waals surface area contributed by atoms with Crippen molar-refractivity contribution in [2.75, 3.05) is 39.8 Å². The zero-order valence-corrected chi connectivity index (χ0v) is 17.8. The molecular weight excluding hydrogens is 406 g/mol. The lowest BCUT2D eigenvalue weighted by atomic mass is 10.1. The van der Waals surface area contributed by atoms with Gasteiger partial charge in [0.25, 0.3) is 5.91 Å². The molecule has 1 aromatic heterocycles. The number of benzene rings is 1. The lowest BCUT2D eigenvalue weighted by Gasteiger charge is -2.35. The average molecular weight is 434 g/mol. The van der Waals surface area contributed by atoms with E-state index in [1.54, 1.807) is 0 Å². The van der Waals surface area contributed by atoms with Crippen LogP contribution in [0.1, 0.15) is 47.6 Å². The Hall–Kier alpha value is -1.70. The molecule has 0 spiro atoms. The van der Waals surface area contributed by atoms with Crippen LogP contribution in [0.25, 0.3) is 0 Å². The Bertz CT molecular complexity index is 753. The number of halogens is 1. The van der Waals surface area contributed by atoms with Gasteiger partial charge in [0.15, 0.2) is 5.69 Å². The third-order valence-electron chi connectivity index (χ3n) is 5.07. The first-order valence-electron chi connectivity index (χ1n) is 9.46. The fraction of sp³-hybridized carbons (Fsp3) is 0.500. The molecule has 2 N–H and O–H groups in total. The molecule has 1 saturated heterocycles. The monoisotopic (exact) mass is 433 g/mol. The van der Waals surface area contributed by atoms with Gasteiger partial charge in [-0.1, -0.05) is 44.2 Å². The molecule has 1 aromatic carbocycles. The maximum absolute atomic E-state index is 12.9. The Labute approximate surface area is 169 Å². The van der Waals surface area contributed by atoms with Crippen LogP contribution in [-0.2, 0) is 0 Å². The Morgan fingerprint density at radius 2 is 1.89 bits per heavy atom. The molecule has 0 radical (unpaired) electrons. The van der Waals surface area contributed by atoms with Crippen LogP contribution in [0.5, 0.6) is 0 Å². The zero-order valence-electron chi connectivity index (χ0n) is 16.2. The predicted molar refractivity (Wildman–Crippen MR) is 111 cm³/mol. The van der Waals surface area contributed by atoms with Crippen LogP contribution in [0.15, 0.2) is 34.8 Å². The molecule has 7 heteroatoms. The number of rotatable bonds is 6. The van der Waals surface area contributed by atoms with Gasteiger partial charge >= 0.3 is 0 Å². The van der Waals surface area contributed by atoms with E-state index in [4.69, 9.17) is 0 Å². The van der Waals surface area contributed by atoms with Crippen LogP contribution in [0.2, 0.25) is 0 Å². The standard InChI is InChI=1S/C20H28BrN5O/c1-14(2)18-17(21)19(24-23-18)20(27)22-16(15-7-5-4-6-8-15)13-26-11-9-25(3)10-12-26/h4-8,14,16H,9-13H2,1-3H3,(H,22,27)(H,23,24). The van der Waals surface area contributed by atoms with Crippen molar-refractivity contribution in [2.24, 2.45) is 0 Å². The highest BCUT2D eigenvalue weighted by Gasteiger charge is 2.25. The number of carbonyl (C=O) groups is 1. The molecule has 0 aliphatic carbocycles. The second kappa shape index (κ2) is 8.99. The highest BCUT2D eigenvalue weighted by molar-refractivity contribution is 9.10. The van der Waals surface area contributed by atoms with E-state index in [0.717, 1.165) is 48.5 Å². The summed E-state index contributed by atoms with van der Waals surface area (Å²) in [6.07, 6.45) is 0. The third-order valence-corrected chi connectivity index (χ3v) is 5.87. The third kappa shape index (κ3) is 4.97. The number of hydrogen-bond donors (Lipinski definition) is 2. The molecule has 0 bridgehead atoms. The van der Waals surface area contributed by atoms with Crippen molar-refractivity contribution in [1.29, 1.82) is 0 Å². The van der Waals surface area contributed by atoms with Crippen molar-refractivity contribution in [3.8, 4) is 0 Å². The van der Waals surface area contributed by atoms with Crippen LogP contribution in [-0.4, -0.2) is 65.7 Å². The van der Waals surface area contributed by atoms with Crippen molar-refractivity contribution in [1.82, 2.24) is 25.3 Å². The van der Waals surface area contributed by atoms with Crippen molar-refractivity contribution in [3.63, 3.8) is 0 Å². The smallest absolute Gasteiger partial charge is 0.273 e. The van der Waals surface area contributed by atoms with Crippen LogP contribution >= 0.6 is 15.9 Å². The summed E-state index contributed by atoms with van der Waals surface area (Å²) in [6.45, 7) is 9.07. The number of piperazine rings is 1. The van der Waals surface area contributed by atoms with Crippen molar-refractivity contribution >= 4 is 21.8 Å². The van der Waals surface area contributed by atoms with Gasteiger partial charge in [-0.3, -0.25) is 14.8 Å². The van der Waals surface area contributed by atoms with Gasteiger partial charge in [-0.25, -0.2) is 0 Å². The SMILES string of the molecule is CC(C)c1[nH]nc(C(=O)NC(CN2CCN(C)CC2)c2ccccc2)c1Br. The van der Waals surface area contributed by atoms with Gasteiger partial charge < -0.3 is 10.2 Å². The molecule has 6 nitrogen and oxygen atoms in total. The Kier molecular flexibility index (Phi) is 6.68. The summed E-state index contributed by atoms with van der Waals surface area (Å²) in [5, 5.41) is 10.4. The van der Waals surface area contributed by atoms with Crippen LogP contribution in [0.4, 0.5) is 0 Å². The number of nitrogens with zero attached hydrogens (tertiary/aromatic N) is 3. The number of H-pyrrole nitrogens is 1. The summed E-state index contributed by atoms with van der Waals surface area (Å²) in [5.41, 5.74) is 2.47. The van der Waals surface area contributed by atoms with E-state index >= 15 is 0 Å². The minimum atomic E-state index is -0.159. The Morgan fingerprint density at radius 3 is 2.48 bits per heavy atom. The maximum atomic E-state index is 12.9. The second-order valence-electron chi connectivity index (χ2n) is 7.50. The summed E-state index contributed by atoms with van der Waals surface area (Å²) in [5.74, 6) is 0.108. The maximum Gasteiger partial charge on any atom is 0.273 e. The summed E-state index contributed by atoms with van der Waals surface area (Å²) in [4.78, 5) is 17.7. The highest BCUT2D eigenvalue weighted by Crippen LogP contribution is 2.26. The van der Waals surface area contributed by atoms with E-state index in [9.17, 15) is 4.79 Å². The summed E-state index contributed by atoms with van der Waals surface area (Å²) >= 11 is 3.53. The topological polar surface area (TPSA) is 64.3 Å². The first-order valence-corrected chi connectivity index (χ1v) is 10.3. The minimum absolute atomic E-state index is 0.0757. The molecule has 146 valence electrons. The summed E-state index contributed by atoms with van der Waals surface area (Å²) < 4.78 is 0.751. The van der Waals surface area contributed by atoms with Crippen molar-refractivity contribution in [2.45, 2.75) is 25.8 Å². The van der Waals surface area contributed by atoms with Crippen molar-refractivity contribution in [3.05, 3.63) is 51.8 Å². The van der Waals surface area contributed by atoms with E-state index in [1.165, 1.54) is 0 Å². The van der Waals surface area contributed by atoms with Crippen LogP contribution in [0, 0.1) is 0 Å². The van der Waals surface area contributed by atoms with Gasteiger partial charge in [0.2, 0.25) is 0 Å². The predicted octanol–water partition coefficient (Wildman–Crippen LogP) is 3.01. The van der Waals surface area contributed by atoms with Crippen LogP contribution < -0.4 is 5.32 Å². The van der Waals surface area contributed by atoms with E-state index in [1.807, 2.05) is 18.2 Å². The molecule has 1 amide bonds. The number of carbonyl (C=O) groups excluding carboxylic acids is 1. The lowest BCUT2D eigenvalue weighted by molar-refractivity contribution is 0.0901. The van der Waals surface area contributed by atoms with E-state index in [-0.39, 0.29) is 17.9 Å². The fourth-order valence-corrected chi connectivity index (χ4v) is 4.13. The van der Waals surface area contributed by atoms with Gasteiger partial charge in [0.05, 0.1) is 16.2 Å². The molecule has 1 fully saturated rings. The minimum Gasteiger partial charge on any atom is -0.343 e. The number of amides is 1. The van der Waals surface area contributed by atoms with Gasteiger partial charge in [0, 0.05) is 32.7 Å². The Balaban J connectivity index is 1.76. The molecule has 0 saturated carbocycles. The van der Waals surface area contributed by atoms with Gasteiger partial charge in [-0.2, -0.15) is 5.10 Å². The fourth-order valence-electron chi connectivity index (χ4n) is 3.31. The molecule has 1 atom stereocenters. The molecule has 2 heterocycles. The molecule has 27 heavy (non-hydrogen) atoms. The molecule has 1 aliphatic heterocycles. The first kappa shape index (κ1) is 20.0. The first-order chi connectivity index (χ1) is 13.0. The summed E-state index contributed by atoms with van der Waals surface area (Å²) in [7, 11) is 2.15. The van der Waals surface area contributed by atoms with Gasteiger partial charge in [-0.05, 0) is 34.5 Å². The van der Waals surface area contributed by atoms with Crippen molar-refractivity contribution < 1.29 is 4.79 Å². The Morgan fingerprint density at radius 1 is 1.22 bits per heavy atom. The van der Waals surface area contributed by atoms with Gasteiger partial charge in [-0.15, -0.1) is 0 Å². The number of aromatic nitrogens is 2. The molecule has 3 rings (SSSR count). The molecule has 2 aromatic rings. The van der Waals surface area contributed by atoms with E-state index < -0.39 is 0 Å². The van der Waals surface area contributed by atoms with E-state index in [2.05, 4.69) is 74.3 Å². The van der Waals surface area contributed by atoms with Gasteiger partial charge in [0.1, 0.15) is 0 Å². The van der Waals surface area contributed by atoms with E-state index in [0.29, 0.717) is 5.69 Å².